The lowest BCUT2D eigenvalue weighted by atomic mass is 10.1. The Morgan fingerprint density at radius 3 is 2.57 bits per heavy atom. The number of halogens is 1. The van der Waals surface area contributed by atoms with Crippen molar-refractivity contribution in [3.8, 4) is 21.7 Å². The van der Waals surface area contributed by atoms with E-state index in [9.17, 15) is 4.39 Å². The minimum Gasteiger partial charge on any atom is -0.330 e. The zero-order valence-electron chi connectivity index (χ0n) is 11.3. The smallest absolute Gasteiger partial charge is 0.123 e. The van der Waals surface area contributed by atoms with Gasteiger partial charge in [0, 0.05) is 24.4 Å². The van der Waals surface area contributed by atoms with Crippen molar-refractivity contribution >= 4 is 11.3 Å². The third-order valence-electron chi connectivity index (χ3n) is 3.07. The summed E-state index contributed by atoms with van der Waals surface area (Å²) >= 11 is 1.60. The molecule has 3 nitrogen and oxygen atoms in total. The van der Waals surface area contributed by atoms with Crippen LogP contribution in [0.1, 0.15) is 5.01 Å². The fourth-order valence-corrected chi connectivity index (χ4v) is 3.20. The Hall–Kier alpha value is -2.11. The molecule has 0 radical (unpaired) electrons. The van der Waals surface area contributed by atoms with Crippen LogP contribution < -0.4 is 5.73 Å². The van der Waals surface area contributed by atoms with Gasteiger partial charge in [0.2, 0.25) is 0 Å². The Bertz CT molecular complexity index is 723. The van der Waals surface area contributed by atoms with Gasteiger partial charge >= 0.3 is 0 Å². The minimum atomic E-state index is -0.242. The van der Waals surface area contributed by atoms with E-state index >= 15 is 0 Å². The van der Waals surface area contributed by atoms with Crippen LogP contribution in [0, 0.1) is 5.82 Å². The van der Waals surface area contributed by atoms with Gasteiger partial charge in [-0.1, -0.05) is 12.1 Å². The Morgan fingerprint density at radius 2 is 1.90 bits per heavy atom. The van der Waals surface area contributed by atoms with E-state index in [1.54, 1.807) is 35.9 Å². The van der Waals surface area contributed by atoms with Crippen LogP contribution >= 0.6 is 11.3 Å². The number of benzene rings is 1. The predicted molar refractivity (Wildman–Crippen MR) is 83.5 cm³/mol. The second kappa shape index (κ2) is 6.11. The third-order valence-corrected chi connectivity index (χ3v) is 4.24. The maximum absolute atomic E-state index is 13.1. The second-order valence-electron chi connectivity index (χ2n) is 4.57. The molecule has 21 heavy (non-hydrogen) atoms. The molecule has 1 aromatic carbocycles. The van der Waals surface area contributed by atoms with Crippen molar-refractivity contribution < 1.29 is 4.39 Å². The number of thiazole rings is 1. The van der Waals surface area contributed by atoms with Crippen LogP contribution in [0.4, 0.5) is 4.39 Å². The molecule has 2 heterocycles. The SMILES string of the molecule is NCCc1nc(-c2cccnc2)c(-c2ccc(F)cc2)s1. The molecule has 0 bridgehead atoms. The molecule has 0 fully saturated rings. The van der Waals surface area contributed by atoms with E-state index in [2.05, 4.69) is 9.97 Å². The molecular weight excluding hydrogens is 285 g/mol. The van der Waals surface area contributed by atoms with E-state index in [4.69, 9.17) is 5.73 Å². The maximum Gasteiger partial charge on any atom is 0.123 e. The van der Waals surface area contributed by atoms with Gasteiger partial charge in [-0.25, -0.2) is 9.37 Å². The molecule has 0 aliphatic carbocycles. The molecule has 0 amide bonds. The Morgan fingerprint density at radius 1 is 1.10 bits per heavy atom. The fraction of sp³-hybridized carbons (Fsp3) is 0.125. The van der Waals surface area contributed by atoms with Gasteiger partial charge in [0.25, 0.3) is 0 Å². The first-order valence-corrected chi connectivity index (χ1v) is 7.45. The fourth-order valence-electron chi connectivity index (χ4n) is 2.09. The lowest BCUT2D eigenvalue weighted by molar-refractivity contribution is 0.628. The molecule has 0 saturated carbocycles. The Balaban J connectivity index is 2.11. The highest BCUT2D eigenvalue weighted by Gasteiger charge is 2.14. The van der Waals surface area contributed by atoms with Gasteiger partial charge in [0.05, 0.1) is 15.6 Å². The molecule has 3 aromatic rings. The highest BCUT2D eigenvalue weighted by atomic mass is 32.1. The topological polar surface area (TPSA) is 51.8 Å². The van der Waals surface area contributed by atoms with Crippen LogP contribution in [-0.4, -0.2) is 16.5 Å². The number of nitrogens with two attached hydrogens (primary N) is 1. The largest absolute Gasteiger partial charge is 0.330 e. The second-order valence-corrected chi connectivity index (χ2v) is 5.66. The van der Waals surface area contributed by atoms with E-state index in [-0.39, 0.29) is 5.82 Å². The average molecular weight is 299 g/mol. The molecule has 106 valence electrons. The quantitative estimate of drug-likeness (QED) is 0.802. The molecule has 0 saturated heterocycles. The zero-order valence-corrected chi connectivity index (χ0v) is 12.1. The van der Waals surface area contributed by atoms with Gasteiger partial charge in [0.15, 0.2) is 0 Å². The monoisotopic (exact) mass is 299 g/mol. The summed E-state index contributed by atoms with van der Waals surface area (Å²) in [5.74, 6) is -0.242. The summed E-state index contributed by atoms with van der Waals surface area (Å²) in [5, 5.41) is 0.982. The van der Waals surface area contributed by atoms with Gasteiger partial charge in [-0.3, -0.25) is 4.98 Å². The molecule has 0 atom stereocenters. The lowest BCUT2D eigenvalue weighted by Crippen LogP contribution is -2.01. The molecule has 0 spiro atoms. The summed E-state index contributed by atoms with van der Waals surface area (Å²) in [6.45, 7) is 0.558. The van der Waals surface area contributed by atoms with Crippen LogP contribution in [0.5, 0.6) is 0 Å². The number of rotatable bonds is 4. The van der Waals surface area contributed by atoms with Gasteiger partial charge in [-0.15, -0.1) is 11.3 Å². The van der Waals surface area contributed by atoms with Crippen molar-refractivity contribution in [2.24, 2.45) is 5.73 Å². The molecular formula is C16H14FN3S. The number of aromatic nitrogens is 2. The highest BCUT2D eigenvalue weighted by Crippen LogP contribution is 2.36. The first-order chi connectivity index (χ1) is 10.3. The van der Waals surface area contributed by atoms with E-state index in [0.29, 0.717) is 6.54 Å². The molecule has 2 aromatic heterocycles. The van der Waals surface area contributed by atoms with Gasteiger partial charge < -0.3 is 5.73 Å². The number of pyridine rings is 1. The van der Waals surface area contributed by atoms with E-state index in [0.717, 1.165) is 33.1 Å². The van der Waals surface area contributed by atoms with Crippen LogP contribution in [-0.2, 0) is 6.42 Å². The van der Waals surface area contributed by atoms with Crippen LogP contribution in [0.25, 0.3) is 21.7 Å². The first-order valence-electron chi connectivity index (χ1n) is 6.64. The van der Waals surface area contributed by atoms with E-state index < -0.39 is 0 Å². The first kappa shape index (κ1) is 13.9. The van der Waals surface area contributed by atoms with Crippen molar-refractivity contribution in [1.29, 1.82) is 0 Å². The Labute approximate surface area is 126 Å². The summed E-state index contributed by atoms with van der Waals surface area (Å²) in [6.07, 6.45) is 4.25. The van der Waals surface area contributed by atoms with Gasteiger partial charge in [-0.2, -0.15) is 0 Å². The van der Waals surface area contributed by atoms with Crippen LogP contribution in [0.15, 0.2) is 48.8 Å². The third kappa shape index (κ3) is 2.99. The predicted octanol–water partition coefficient (Wildman–Crippen LogP) is 3.51. The molecule has 5 heteroatoms. The van der Waals surface area contributed by atoms with E-state index in [1.807, 2.05) is 12.1 Å². The molecule has 0 aliphatic rings. The normalized spacial score (nSPS) is 10.8. The number of hydrogen-bond donors (Lipinski definition) is 1. The minimum absolute atomic E-state index is 0.242. The van der Waals surface area contributed by atoms with Crippen molar-refractivity contribution in [2.75, 3.05) is 6.54 Å². The lowest BCUT2D eigenvalue weighted by Gasteiger charge is -2.02. The van der Waals surface area contributed by atoms with Crippen molar-refractivity contribution in [2.45, 2.75) is 6.42 Å². The maximum atomic E-state index is 13.1. The molecule has 0 aliphatic heterocycles. The van der Waals surface area contributed by atoms with Crippen molar-refractivity contribution in [3.05, 3.63) is 59.6 Å². The van der Waals surface area contributed by atoms with Crippen molar-refractivity contribution in [3.63, 3.8) is 0 Å². The average Bonchev–Trinajstić information content (AvgIpc) is 2.93. The zero-order chi connectivity index (χ0) is 14.7. The van der Waals surface area contributed by atoms with Crippen LogP contribution in [0.3, 0.4) is 0 Å². The summed E-state index contributed by atoms with van der Waals surface area (Å²) < 4.78 is 13.1. The van der Waals surface area contributed by atoms with Crippen molar-refractivity contribution in [1.82, 2.24) is 9.97 Å². The summed E-state index contributed by atoms with van der Waals surface area (Å²) in [6, 6.07) is 10.3. The molecule has 3 rings (SSSR count). The number of nitrogens with zero attached hydrogens (tertiary/aromatic N) is 2. The van der Waals surface area contributed by atoms with Gasteiger partial charge in [-0.05, 0) is 36.4 Å². The number of hydrogen-bond acceptors (Lipinski definition) is 4. The van der Waals surface area contributed by atoms with Gasteiger partial charge in [0.1, 0.15) is 5.82 Å². The van der Waals surface area contributed by atoms with Crippen LogP contribution in [0.2, 0.25) is 0 Å². The molecule has 2 N–H and O–H groups in total. The summed E-state index contributed by atoms with van der Waals surface area (Å²) in [5.41, 5.74) is 8.41. The van der Waals surface area contributed by atoms with E-state index in [1.165, 1.54) is 12.1 Å². The summed E-state index contributed by atoms with van der Waals surface area (Å²) in [4.78, 5) is 9.84. The molecule has 0 unspecified atom stereocenters. The standard InChI is InChI=1S/C16H14FN3S/c17-13-5-3-11(4-6-13)16-15(12-2-1-9-19-10-12)20-14(21-16)7-8-18/h1-6,9-10H,7-8,18H2. The summed E-state index contributed by atoms with van der Waals surface area (Å²) in [7, 11) is 0. The highest BCUT2D eigenvalue weighted by molar-refractivity contribution is 7.15. The Kier molecular flexibility index (Phi) is 4.03.